The molecular formula is C14H26O3. The lowest BCUT2D eigenvalue weighted by Gasteiger charge is -2.03. The van der Waals surface area contributed by atoms with Gasteiger partial charge in [0.05, 0.1) is 12.3 Å². The van der Waals surface area contributed by atoms with E-state index in [9.17, 15) is 9.59 Å². The molecule has 1 aliphatic heterocycles. The first-order chi connectivity index (χ1) is 7.13. The second kappa shape index (κ2) is 8.97. The average molecular weight is 242 g/mol. The van der Waals surface area contributed by atoms with Crippen molar-refractivity contribution in [2.24, 2.45) is 11.8 Å². The summed E-state index contributed by atoms with van der Waals surface area (Å²) in [6.07, 6.45) is 7.13. The maximum atomic E-state index is 11.1. The second-order valence-corrected chi connectivity index (χ2v) is 4.15. The zero-order valence-corrected chi connectivity index (χ0v) is 9.36. The second-order valence-electron chi connectivity index (χ2n) is 4.15. The maximum Gasteiger partial charge on any atom is 0.317 e. The predicted molar refractivity (Wildman–Crippen MR) is 70.5 cm³/mol. The number of cyclic esters (lactones) is 2. The molecule has 0 aromatic carbocycles. The number of rotatable bonds is 5. The first-order valence-corrected chi connectivity index (χ1v) is 5.53. The van der Waals surface area contributed by atoms with Crippen molar-refractivity contribution in [2.75, 3.05) is 0 Å². The van der Waals surface area contributed by atoms with E-state index in [0.29, 0.717) is 12.3 Å². The van der Waals surface area contributed by atoms with Gasteiger partial charge in [-0.2, -0.15) is 0 Å². The van der Waals surface area contributed by atoms with Gasteiger partial charge in [-0.25, -0.2) is 0 Å². The molecule has 1 fully saturated rings. The first-order valence-electron chi connectivity index (χ1n) is 5.53. The summed E-state index contributed by atoms with van der Waals surface area (Å²) < 4.78 is 4.46. The van der Waals surface area contributed by atoms with Crippen LogP contribution in [0.5, 0.6) is 0 Å². The normalized spacial score (nSPS) is 20.7. The molecule has 0 aromatic heterocycles. The van der Waals surface area contributed by atoms with Gasteiger partial charge in [0.15, 0.2) is 0 Å². The highest BCUT2D eigenvalue weighted by Crippen LogP contribution is 2.20. The summed E-state index contributed by atoms with van der Waals surface area (Å²) in [4.78, 5) is 21.9. The lowest BCUT2D eigenvalue weighted by Crippen LogP contribution is -2.05. The van der Waals surface area contributed by atoms with Crippen LogP contribution in [-0.2, 0) is 14.3 Å². The van der Waals surface area contributed by atoms with E-state index < -0.39 is 0 Å². The van der Waals surface area contributed by atoms with Crippen LogP contribution in [-0.4, -0.2) is 11.9 Å². The summed E-state index contributed by atoms with van der Waals surface area (Å²) in [7, 11) is 0. The molecule has 17 heavy (non-hydrogen) atoms. The van der Waals surface area contributed by atoms with Crippen LogP contribution in [0.25, 0.3) is 0 Å². The van der Waals surface area contributed by atoms with E-state index in [1.807, 2.05) is 6.08 Å². The molecule has 0 aliphatic carbocycles. The Morgan fingerprint density at radius 2 is 2.00 bits per heavy atom. The van der Waals surface area contributed by atoms with Crippen molar-refractivity contribution in [2.45, 2.75) is 54.4 Å². The number of allylic oxidation sites excluding steroid dienone is 2. The van der Waals surface area contributed by atoms with Gasteiger partial charge in [-0.3, -0.25) is 9.59 Å². The highest BCUT2D eigenvalue weighted by Gasteiger charge is 2.31. The highest BCUT2D eigenvalue weighted by molar-refractivity contribution is 5.94. The van der Waals surface area contributed by atoms with E-state index in [1.165, 1.54) is 0 Å². The molecule has 0 aromatic rings. The van der Waals surface area contributed by atoms with Crippen molar-refractivity contribution < 1.29 is 14.3 Å². The summed E-state index contributed by atoms with van der Waals surface area (Å²) in [5, 5.41) is 0. The molecule has 1 aliphatic rings. The van der Waals surface area contributed by atoms with Crippen molar-refractivity contribution in [1.29, 1.82) is 0 Å². The largest absolute Gasteiger partial charge is 0.393 e. The van der Waals surface area contributed by atoms with Crippen molar-refractivity contribution in [3.8, 4) is 0 Å². The monoisotopic (exact) mass is 242 g/mol. The van der Waals surface area contributed by atoms with Crippen molar-refractivity contribution in [3.63, 3.8) is 0 Å². The van der Waals surface area contributed by atoms with Gasteiger partial charge in [-0.15, -0.1) is 0 Å². The van der Waals surface area contributed by atoms with E-state index >= 15 is 0 Å². The number of carbonyl (C=O) groups excluding carboxylic acids is 2. The van der Waals surface area contributed by atoms with Crippen LogP contribution in [0.3, 0.4) is 0 Å². The van der Waals surface area contributed by atoms with Gasteiger partial charge in [0.2, 0.25) is 0 Å². The van der Waals surface area contributed by atoms with Gasteiger partial charge in [-0.05, 0) is 18.8 Å². The fourth-order valence-electron chi connectivity index (χ4n) is 1.46. The van der Waals surface area contributed by atoms with Crippen LogP contribution in [0, 0.1) is 11.8 Å². The van der Waals surface area contributed by atoms with Crippen LogP contribution >= 0.6 is 0 Å². The minimum Gasteiger partial charge on any atom is -0.393 e. The van der Waals surface area contributed by atoms with Crippen LogP contribution in [0.15, 0.2) is 12.2 Å². The zero-order chi connectivity index (χ0) is 11.3. The van der Waals surface area contributed by atoms with Gasteiger partial charge in [0, 0.05) is 0 Å². The molecule has 2 atom stereocenters. The van der Waals surface area contributed by atoms with Crippen LogP contribution in [0.1, 0.15) is 54.4 Å². The quantitative estimate of drug-likeness (QED) is 0.419. The van der Waals surface area contributed by atoms with E-state index in [-0.39, 0.29) is 39.1 Å². The summed E-state index contributed by atoms with van der Waals surface area (Å²) in [6, 6.07) is 0. The Balaban J connectivity index is 0. The molecule has 0 amide bonds. The Hall–Kier alpha value is -1.12. The Bertz CT molecular complexity index is 269. The zero-order valence-electron chi connectivity index (χ0n) is 9.36. The molecule has 1 heterocycles. The molecule has 100 valence electrons. The number of esters is 2. The van der Waals surface area contributed by atoms with Crippen molar-refractivity contribution in [3.05, 3.63) is 12.2 Å². The maximum absolute atomic E-state index is 11.1. The van der Waals surface area contributed by atoms with Gasteiger partial charge in [0.25, 0.3) is 0 Å². The van der Waals surface area contributed by atoms with Crippen molar-refractivity contribution in [1.82, 2.24) is 0 Å². The minimum atomic E-state index is -0.389. The minimum absolute atomic E-state index is 0. The third-order valence-electron chi connectivity index (χ3n) is 2.78. The Kier molecular flexibility index (Phi) is 9.63. The fraction of sp³-hybridized carbons (Fsp3) is 0.714. The fourth-order valence-corrected chi connectivity index (χ4v) is 1.46. The molecule has 3 heteroatoms. The molecule has 0 spiro atoms. The van der Waals surface area contributed by atoms with Gasteiger partial charge in [0.1, 0.15) is 0 Å². The Labute approximate surface area is 105 Å². The smallest absolute Gasteiger partial charge is 0.317 e. The topological polar surface area (TPSA) is 43.4 Å². The van der Waals surface area contributed by atoms with Gasteiger partial charge in [-0.1, -0.05) is 47.3 Å². The Morgan fingerprint density at radius 1 is 1.35 bits per heavy atom. The van der Waals surface area contributed by atoms with E-state index in [2.05, 4.69) is 24.7 Å². The highest BCUT2D eigenvalue weighted by atomic mass is 16.6. The first kappa shape index (κ1) is 18.3. The van der Waals surface area contributed by atoms with E-state index in [1.54, 1.807) is 0 Å². The number of hydrogen-bond acceptors (Lipinski definition) is 3. The predicted octanol–water partition coefficient (Wildman–Crippen LogP) is 3.73. The summed E-state index contributed by atoms with van der Waals surface area (Å²) in [6.45, 7) is 4.35. The molecule has 0 radical (unpaired) electrons. The van der Waals surface area contributed by atoms with Crippen molar-refractivity contribution >= 4 is 11.9 Å². The summed E-state index contributed by atoms with van der Waals surface area (Å²) >= 11 is 0. The van der Waals surface area contributed by atoms with Gasteiger partial charge >= 0.3 is 11.9 Å². The van der Waals surface area contributed by atoms with E-state index in [4.69, 9.17) is 0 Å². The summed E-state index contributed by atoms with van der Waals surface area (Å²) in [5.74, 6) is -0.322. The average Bonchev–Trinajstić information content (AvgIpc) is 2.52. The Morgan fingerprint density at radius 3 is 2.47 bits per heavy atom. The molecule has 1 saturated heterocycles. The van der Waals surface area contributed by atoms with E-state index in [0.717, 1.165) is 12.8 Å². The lowest BCUT2D eigenvalue weighted by atomic mass is 10.0. The third kappa shape index (κ3) is 6.25. The molecule has 0 saturated carbocycles. The SMILES string of the molecule is C.C.CCC(C)CC=CCC1CC(=O)OC1=O. The molecule has 3 nitrogen and oxygen atoms in total. The molecule has 0 bridgehead atoms. The molecule has 1 rings (SSSR count). The number of ether oxygens (including phenoxy) is 1. The number of carbonyl (C=O) groups is 2. The molecule has 0 N–H and O–H groups in total. The lowest BCUT2D eigenvalue weighted by molar-refractivity contribution is -0.153. The standard InChI is InChI=1S/C12H18O3.2CH4/c1-3-9(2)6-4-5-7-10-8-11(13)15-12(10)14;;/h4-5,9-10H,3,6-8H2,1-2H3;2*1H4. The molecular weight excluding hydrogens is 216 g/mol. The number of hydrogen-bond donors (Lipinski definition) is 0. The molecule has 2 unspecified atom stereocenters. The van der Waals surface area contributed by atoms with Crippen LogP contribution < -0.4 is 0 Å². The van der Waals surface area contributed by atoms with Gasteiger partial charge < -0.3 is 4.74 Å². The van der Waals surface area contributed by atoms with Crippen LogP contribution in [0.2, 0.25) is 0 Å². The summed E-state index contributed by atoms with van der Waals surface area (Å²) in [5.41, 5.74) is 0. The van der Waals surface area contributed by atoms with Crippen LogP contribution in [0.4, 0.5) is 0 Å². The third-order valence-corrected chi connectivity index (χ3v) is 2.78.